The van der Waals surface area contributed by atoms with Crippen molar-refractivity contribution in [3.8, 4) is 0 Å². The van der Waals surface area contributed by atoms with Crippen molar-refractivity contribution in [2.45, 2.75) is 26.1 Å². The molecule has 0 radical (unpaired) electrons. The molecule has 1 aromatic carbocycles. The van der Waals surface area contributed by atoms with Gasteiger partial charge in [-0.15, -0.1) is 0 Å². The lowest BCUT2D eigenvalue weighted by Gasteiger charge is -2.35. The van der Waals surface area contributed by atoms with E-state index >= 15 is 0 Å². The topological polar surface area (TPSA) is 35.6 Å². The standard InChI is InChI=1S/C16H22F3N3O/c1-12(2)20-15(23)11-21-7-9-22(10-8-21)14-5-3-13(4-6-14)16(17,18)19/h3-6,12H,7-11H2,1-2H3,(H,20,23). The largest absolute Gasteiger partial charge is 0.416 e. The molecule has 0 aromatic heterocycles. The maximum Gasteiger partial charge on any atom is 0.416 e. The maximum absolute atomic E-state index is 12.6. The van der Waals surface area contributed by atoms with Crippen LogP contribution in [0.4, 0.5) is 18.9 Å². The number of nitrogens with one attached hydrogen (secondary N) is 1. The van der Waals surface area contributed by atoms with Crippen LogP contribution in [0.15, 0.2) is 24.3 Å². The van der Waals surface area contributed by atoms with E-state index in [1.165, 1.54) is 12.1 Å². The Balaban J connectivity index is 1.86. The van der Waals surface area contributed by atoms with Gasteiger partial charge in [0.25, 0.3) is 0 Å². The number of hydrogen-bond donors (Lipinski definition) is 1. The van der Waals surface area contributed by atoms with E-state index in [1.54, 1.807) is 0 Å². The summed E-state index contributed by atoms with van der Waals surface area (Å²) in [6, 6.07) is 5.35. The lowest BCUT2D eigenvalue weighted by Crippen LogP contribution is -2.50. The van der Waals surface area contributed by atoms with Crippen LogP contribution >= 0.6 is 0 Å². The molecule has 1 fully saturated rings. The summed E-state index contributed by atoms with van der Waals surface area (Å²) in [6.07, 6.45) is -4.30. The van der Waals surface area contributed by atoms with Gasteiger partial charge in [0.05, 0.1) is 12.1 Å². The molecule has 23 heavy (non-hydrogen) atoms. The number of halogens is 3. The smallest absolute Gasteiger partial charge is 0.369 e. The zero-order valence-corrected chi connectivity index (χ0v) is 13.4. The molecule has 128 valence electrons. The summed E-state index contributed by atoms with van der Waals surface area (Å²) in [4.78, 5) is 15.8. The van der Waals surface area contributed by atoms with Gasteiger partial charge in [-0.3, -0.25) is 9.69 Å². The molecule has 1 heterocycles. The Morgan fingerprint density at radius 1 is 1.13 bits per heavy atom. The monoisotopic (exact) mass is 329 g/mol. The fourth-order valence-electron chi connectivity index (χ4n) is 2.60. The van der Waals surface area contributed by atoms with Gasteiger partial charge in [0.15, 0.2) is 0 Å². The van der Waals surface area contributed by atoms with Crippen LogP contribution in [0, 0.1) is 0 Å². The highest BCUT2D eigenvalue weighted by atomic mass is 19.4. The predicted molar refractivity (Wildman–Crippen MR) is 83.4 cm³/mol. The van der Waals surface area contributed by atoms with Gasteiger partial charge in [-0.25, -0.2) is 0 Å². The normalized spacial score (nSPS) is 16.7. The van der Waals surface area contributed by atoms with E-state index in [0.29, 0.717) is 32.7 Å². The summed E-state index contributed by atoms with van der Waals surface area (Å²) in [5.74, 6) is 0.00276. The fraction of sp³-hybridized carbons (Fsp3) is 0.562. The van der Waals surface area contributed by atoms with Gasteiger partial charge in [-0.1, -0.05) is 0 Å². The van der Waals surface area contributed by atoms with Gasteiger partial charge in [0.1, 0.15) is 0 Å². The SMILES string of the molecule is CC(C)NC(=O)CN1CCN(c2ccc(C(F)(F)F)cc2)CC1. The highest BCUT2D eigenvalue weighted by Gasteiger charge is 2.30. The first-order valence-corrected chi connectivity index (χ1v) is 7.69. The molecule has 0 aliphatic carbocycles. The molecule has 0 atom stereocenters. The highest BCUT2D eigenvalue weighted by Crippen LogP contribution is 2.30. The van der Waals surface area contributed by atoms with Crippen molar-refractivity contribution >= 4 is 11.6 Å². The fourth-order valence-corrected chi connectivity index (χ4v) is 2.60. The molecule has 0 unspecified atom stereocenters. The summed E-state index contributed by atoms with van der Waals surface area (Å²) in [7, 11) is 0. The number of hydrogen-bond acceptors (Lipinski definition) is 3. The lowest BCUT2D eigenvalue weighted by atomic mass is 10.1. The predicted octanol–water partition coefficient (Wildman–Crippen LogP) is 2.35. The van der Waals surface area contributed by atoms with E-state index in [2.05, 4.69) is 10.2 Å². The van der Waals surface area contributed by atoms with Crippen molar-refractivity contribution in [1.82, 2.24) is 10.2 Å². The van der Waals surface area contributed by atoms with Crippen molar-refractivity contribution < 1.29 is 18.0 Å². The second-order valence-electron chi connectivity index (χ2n) is 6.03. The highest BCUT2D eigenvalue weighted by molar-refractivity contribution is 5.78. The van der Waals surface area contributed by atoms with E-state index in [9.17, 15) is 18.0 Å². The Labute approximate surface area is 134 Å². The van der Waals surface area contributed by atoms with Crippen LogP contribution < -0.4 is 10.2 Å². The molecule has 1 aliphatic heterocycles. The summed E-state index contributed by atoms with van der Waals surface area (Å²) < 4.78 is 37.7. The third kappa shape index (κ3) is 5.13. The molecule has 4 nitrogen and oxygen atoms in total. The van der Waals surface area contributed by atoms with Crippen molar-refractivity contribution in [3.63, 3.8) is 0 Å². The summed E-state index contributed by atoms with van der Waals surface area (Å²) >= 11 is 0. The Morgan fingerprint density at radius 3 is 2.17 bits per heavy atom. The van der Waals surface area contributed by atoms with Gasteiger partial charge in [0.2, 0.25) is 5.91 Å². The number of rotatable bonds is 4. The number of alkyl halides is 3. The summed E-state index contributed by atoms with van der Waals surface area (Å²) in [6.45, 7) is 7.01. The molecule has 0 spiro atoms. The summed E-state index contributed by atoms with van der Waals surface area (Å²) in [5.41, 5.74) is 0.148. The van der Waals surface area contributed by atoms with Crippen molar-refractivity contribution in [1.29, 1.82) is 0 Å². The minimum atomic E-state index is -4.30. The van der Waals surface area contributed by atoms with Crippen LogP contribution in [0.5, 0.6) is 0 Å². The average molecular weight is 329 g/mol. The van der Waals surface area contributed by atoms with Crippen LogP contribution in [0.2, 0.25) is 0 Å². The number of carbonyl (C=O) groups is 1. The Hall–Kier alpha value is -1.76. The molecule has 1 saturated heterocycles. The first-order chi connectivity index (χ1) is 10.8. The average Bonchev–Trinajstić information content (AvgIpc) is 2.46. The first kappa shape index (κ1) is 17.6. The van der Waals surface area contributed by atoms with Crippen molar-refractivity contribution in [3.05, 3.63) is 29.8 Å². The third-order valence-corrected chi connectivity index (χ3v) is 3.75. The molecule has 7 heteroatoms. The van der Waals surface area contributed by atoms with Crippen molar-refractivity contribution in [2.75, 3.05) is 37.6 Å². The summed E-state index contributed by atoms with van der Waals surface area (Å²) in [5, 5.41) is 2.85. The van der Waals surface area contributed by atoms with Crippen LogP contribution in [-0.4, -0.2) is 49.6 Å². The number of nitrogens with zero attached hydrogens (tertiary/aromatic N) is 2. The zero-order valence-electron chi connectivity index (χ0n) is 13.4. The maximum atomic E-state index is 12.6. The van der Waals surface area contributed by atoms with Gasteiger partial charge in [-0.2, -0.15) is 13.2 Å². The molecule has 1 aliphatic rings. The molecule has 1 aromatic rings. The van der Waals surface area contributed by atoms with Crippen molar-refractivity contribution in [2.24, 2.45) is 0 Å². The molecule has 0 saturated carbocycles. The first-order valence-electron chi connectivity index (χ1n) is 7.69. The zero-order chi connectivity index (χ0) is 17.0. The van der Waals surface area contributed by atoms with Crippen LogP contribution in [0.3, 0.4) is 0 Å². The van der Waals surface area contributed by atoms with Gasteiger partial charge in [-0.05, 0) is 38.1 Å². The number of amides is 1. The Morgan fingerprint density at radius 2 is 1.70 bits per heavy atom. The molecule has 2 rings (SSSR count). The van der Waals surface area contributed by atoms with Gasteiger partial charge in [0, 0.05) is 37.9 Å². The van der Waals surface area contributed by atoms with E-state index in [0.717, 1.165) is 17.8 Å². The van der Waals surface area contributed by atoms with Crippen LogP contribution in [0.1, 0.15) is 19.4 Å². The van der Waals surface area contributed by atoms with Crippen LogP contribution in [0.25, 0.3) is 0 Å². The van der Waals surface area contributed by atoms with E-state index in [-0.39, 0.29) is 11.9 Å². The molecule has 1 amide bonds. The second-order valence-corrected chi connectivity index (χ2v) is 6.03. The van der Waals surface area contributed by atoms with E-state index in [1.807, 2.05) is 18.7 Å². The number of anilines is 1. The lowest BCUT2D eigenvalue weighted by molar-refractivity contribution is -0.137. The number of piperazine rings is 1. The Bertz CT molecular complexity index is 520. The second kappa shape index (κ2) is 7.21. The minimum Gasteiger partial charge on any atom is -0.369 e. The van der Waals surface area contributed by atoms with Gasteiger partial charge >= 0.3 is 6.18 Å². The minimum absolute atomic E-state index is 0.00276. The van der Waals surface area contributed by atoms with E-state index < -0.39 is 11.7 Å². The van der Waals surface area contributed by atoms with E-state index in [4.69, 9.17) is 0 Å². The number of benzene rings is 1. The van der Waals surface area contributed by atoms with Crippen LogP contribution in [-0.2, 0) is 11.0 Å². The molecule has 1 N–H and O–H groups in total. The van der Waals surface area contributed by atoms with Gasteiger partial charge < -0.3 is 10.2 Å². The number of carbonyl (C=O) groups excluding carboxylic acids is 1. The quantitative estimate of drug-likeness (QED) is 0.921. The molecular weight excluding hydrogens is 307 g/mol. The molecule has 0 bridgehead atoms. The third-order valence-electron chi connectivity index (χ3n) is 3.75. The molecular formula is C16H22F3N3O. The Kier molecular flexibility index (Phi) is 5.51.